The number of carbonyl (C=O) groups is 1. The first kappa shape index (κ1) is 21.3. The highest BCUT2D eigenvalue weighted by Gasteiger charge is 2.27. The van der Waals surface area contributed by atoms with Gasteiger partial charge in [-0.05, 0) is 56.5 Å². The van der Waals surface area contributed by atoms with Crippen molar-refractivity contribution in [3.8, 4) is 0 Å². The zero-order chi connectivity index (χ0) is 20.9. The van der Waals surface area contributed by atoms with Gasteiger partial charge in [-0.3, -0.25) is 4.79 Å². The van der Waals surface area contributed by atoms with E-state index in [4.69, 9.17) is 0 Å². The molecule has 0 unspecified atom stereocenters. The first-order valence-electron chi connectivity index (χ1n) is 10.1. The summed E-state index contributed by atoms with van der Waals surface area (Å²) < 4.78 is 28.0. The van der Waals surface area contributed by atoms with Gasteiger partial charge in [0.25, 0.3) is 0 Å². The number of rotatable bonds is 6. The number of amides is 1. The average molecular weight is 416 g/mol. The Hall–Kier alpha value is -2.38. The molecular weight excluding hydrogens is 386 g/mol. The summed E-state index contributed by atoms with van der Waals surface area (Å²) in [6.07, 6.45) is 3.93. The number of sulfonamides is 1. The lowest BCUT2D eigenvalue weighted by Crippen LogP contribution is -2.33. The molecule has 1 aliphatic heterocycles. The Kier molecular flexibility index (Phi) is 6.92. The van der Waals surface area contributed by atoms with Crippen molar-refractivity contribution in [2.24, 2.45) is 0 Å². The second-order valence-corrected chi connectivity index (χ2v) is 9.43. The van der Waals surface area contributed by atoms with E-state index in [0.29, 0.717) is 29.2 Å². The number of para-hydroxylation sites is 1. The molecule has 0 saturated carbocycles. The molecule has 0 aliphatic carbocycles. The second kappa shape index (κ2) is 9.41. The SMILES string of the molecule is Cc1ccc(N[C@@H](C)C(=O)Nc2ccccc2)cc1S(=O)(=O)N1CCCCCC1. The van der Waals surface area contributed by atoms with Gasteiger partial charge < -0.3 is 10.6 Å². The van der Waals surface area contributed by atoms with Crippen LogP contribution in [0.15, 0.2) is 53.4 Å². The minimum Gasteiger partial charge on any atom is -0.374 e. The predicted octanol–water partition coefficient (Wildman–Crippen LogP) is 4.00. The first-order valence-corrected chi connectivity index (χ1v) is 11.6. The largest absolute Gasteiger partial charge is 0.374 e. The van der Waals surface area contributed by atoms with Gasteiger partial charge in [0.1, 0.15) is 6.04 Å². The van der Waals surface area contributed by atoms with E-state index in [0.717, 1.165) is 31.4 Å². The molecule has 7 heteroatoms. The van der Waals surface area contributed by atoms with E-state index >= 15 is 0 Å². The molecule has 3 rings (SSSR count). The molecule has 0 radical (unpaired) electrons. The molecule has 1 amide bonds. The molecule has 1 aliphatic rings. The van der Waals surface area contributed by atoms with Crippen LogP contribution in [0, 0.1) is 6.92 Å². The molecule has 6 nitrogen and oxygen atoms in total. The molecule has 2 aromatic rings. The maximum atomic E-state index is 13.2. The highest BCUT2D eigenvalue weighted by atomic mass is 32.2. The normalized spacial score (nSPS) is 16.6. The van der Waals surface area contributed by atoms with E-state index in [1.54, 1.807) is 30.3 Å². The Balaban J connectivity index is 1.75. The lowest BCUT2D eigenvalue weighted by atomic mass is 10.2. The zero-order valence-electron chi connectivity index (χ0n) is 17.0. The van der Waals surface area contributed by atoms with Gasteiger partial charge in [-0.15, -0.1) is 0 Å². The highest BCUT2D eigenvalue weighted by molar-refractivity contribution is 7.89. The van der Waals surface area contributed by atoms with Crippen LogP contribution in [0.5, 0.6) is 0 Å². The van der Waals surface area contributed by atoms with E-state index in [1.165, 1.54) is 0 Å². The summed E-state index contributed by atoms with van der Waals surface area (Å²) in [5.41, 5.74) is 2.04. The molecule has 0 bridgehead atoms. The molecule has 2 aromatic carbocycles. The molecule has 2 N–H and O–H groups in total. The third-order valence-electron chi connectivity index (χ3n) is 5.19. The fraction of sp³-hybridized carbons (Fsp3) is 0.409. The van der Waals surface area contributed by atoms with Crippen molar-refractivity contribution in [1.82, 2.24) is 4.31 Å². The van der Waals surface area contributed by atoms with Crippen LogP contribution in [0.2, 0.25) is 0 Å². The molecule has 29 heavy (non-hydrogen) atoms. The number of nitrogens with zero attached hydrogens (tertiary/aromatic N) is 1. The summed E-state index contributed by atoms with van der Waals surface area (Å²) in [6, 6.07) is 14.0. The summed E-state index contributed by atoms with van der Waals surface area (Å²) in [6.45, 7) is 4.69. The van der Waals surface area contributed by atoms with Crippen LogP contribution >= 0.6 is 0 Å². The van der Waals surface area contributed by atoms with Crippen LogP contribution in [0.25, 0.3) is 0 Å². The summed E-state index contributed by atoms with van der Waals surface area (Å²) in [7, 11) is -3.55. The van der Waals surface area contributed by atoms with E-state index in [1.807, 2.05) is 36.4 Å². The summed E-state index contributed by atoms with van der Waals surface area (Å²) in [5.74, 6) is -0.186. The average Bonchev–Trinajstić information content (AvgIpc) is 3.00. The number of hydrogen-bond acceptors (Lipinski definition) is 4. The maximum absolute atomic E-state index is 13.2. The van der Waals surface area contributed by atoms with Gasteiger partial charge in [-0.25, -0.2) is 8.42 Å². The van der Waals surface area contributed by atoms with Gasteiger partial charge in [0.15, 0.2) is 0 Å². The van der Waals surface area contributed by atoms with E-state index in [9.17, 15) is 13.2 Å². The van der Waals surface area contributed by atoms with Gasteiger partial charge >= 0.3 is 0 Å². The van der Waals surface area contributed by atoms with Crippen molar-refractivity contribution < 1.29 is 13.2 Å². The van der Waals surface area contributed by atoms with Gasteiger partial charge in [-0.2, -0.15) is 4.31 Å². The molecule has 156 valence electrons. The van der Waals surface area contributed by atoms with E-state index < -0.39 is 16.1 Å². The lowest BCUT2D eigenvalue weighted by Gasteiger charge is -2.22. The maximum Gasteiger partial charge on any atom is 0.246 e. The van der Waals surface area contributed by atoms with Gasteiger partial charge in [-0.1, -0.05) is 37.1 Å². The van der Waals surface area contributed by atoms with Crippen molar-refractivity contribution in [2.45, 2.75) is 50.5 Å². The Morgan fingerprint density at radius 2 is 1.62 bits per heavy atom. The predicted molar refractivity (Wildman–Crippen MR) is 117 cm³/mol. The molecule has 0 spiro atoms. The Morgan fingerprint density at radius 3 is 2.28 bits per heavy atom. The topological polar surface area (TPSA) is 78.5 Å². The summed E-state index contributed by atoms with van der Waals surface area (Å²) in [5, 5.41) is 5.97. The van der Waals surface area contributed by atoms with Crippen LogP contribution in [0.4, 0.5) is 11.4 Å². The van der Waals surface area contributed by atoms with Crippen LogP contribution in [0.3, 0.4) is 0 Å². The minimum absolute atomic E-state index is 0.186. The van der Waals surface area contributed by atoms with Crippen molar-refractivity contribution >= 4 is 27.3 Å². The smallest absolute Gasteiger partial charge is 0.246 e. The number of hydrogen-bond donors (Lipinski definition) is 2. The molecule has 0 aromatic heterocycles. The standard InChI is InChI=1S/C22H29N3O3S/c1-17-12-13-20(23-18(2)22(26)24-19-10-6-5-7-11-19)16-21(17)29(27,28)25-14-8-3-4-9-15-25/h5-7,10-13,16,18,23H,3-4,8-9,14-15H2,1-2H3,(H,24,26)/t18-/m0/s1. The van der Waals surface area contributed by atoms with E-state index in [-0.39, 0.29) is 5.91 Å². The first-order chi connectivity index (χ1) is 13.9. The quantitative estimate of drug-likeness (QED) is 0.747. The van der Waals surface area contributed by atoms with Crippen LogP contribution in [-0.4, -0.2) is 37.8 Å². The molecule has 1 heterocycles. The van der Waals surface area contributed by atoms with Crippen LogP contribution in [-0.2, 0) is 14.8 Å². The zero-order valence-corrected chi connectivity index (χ0v) is 17.8. The fourth-order valence-corrected chi connectivity index (χ4v) is 5.24. The highest BCUT2D eigenvalue weighted by Crippen LogP contribution is 2.26. The Labute approximate surface area is 173 Å². The van der Waals surface area contributed by atoms with Crippen molar-refractivity contribution in [2.75, 3.05) is 23.7 Å². The summed E-state index contributed by atoms with van der Waals surface area (Å²) >= 11 is 0. The monoisotopic (exact) mass is 415 g/mol. The lowest BCUT2D eigenvalue weighted by molar-refractivity contribution is -0.116. The molecule has 1 saturated heterocycles. The number of nitrogens with one attached hydrogen (secondary N) is 2. The third kappa shape index (κ3) is 5.36. The second-order valence-electron chi connectivity index (χ2n) is 7.52. The number of anilines is 2. The minimum atomic E-state index is -3.55. The van der Waals surface area contributed by atoms with Crippen molar-refractivity contribution in [3.63, 3.8) is 0 Å². The molecule has 1 atom stereocenters. The van der Waals surface area contributed by atoms with Crippen molar-refractivity contribution in [3.05, 3.63) is 54.1 Å². The Morgan fingerprint density at radius 1 is 0.966 bits per heavy atom. The fourth-order valence-electron chi connectivity index (χ4n) is 3.48. The molecule has 1 fully saturated rings. The Bertz CT molecular complexity index is 937. The third-order valence-corrected chi connectivity index (χ3v) is 7.23. The van der Waals surface area contributed by atoms with Gasteiger partial charge in [0.2, 0.25) is 15.9 Å². The van der Waals surface area contributed by atoms with Gasteiger partial charge in [0.05, 0.1) is 4.90 Å². The molecular formula is C22H29N3O3S. The number of benzene rings is 2. The van der Waals surface area contributed by atoms with Crippen molar-refractivity contribution in [1.29, 1.82) is 0 Å². The van der Waals surface area contributed by atoms with Crippen LogP contribution in [0.1, 0.15) is 38.2 Å². The number of carbonyl (C=O) groups excluding carboxylic acids is 1. The van der Waals surface area contributed by atoms with E-state index in [2.05, 4.69) is 10.6 Å². The van der Waals surface area contributed by atoms with Crippen LogP contribution < -0.4 is 10.6 Å². The number of aryl methyl sites for hydroxylation is 1. The van der Waals surface area contributed by atoms with Gasteiger partial charge in [0, 0.05) is 24.5 Å². The summed E-state index contributed by atoms with van der Waals surface area (Å²) in [4.78, 5) is 12.8.